The highest BCUT2D eigenvalue weighted by atomic mass is 31.2. The first-order valence-corrected chi connectivity index (χ1v) is 7.75. The lowest BCUT2D eigenvalue weighted by Crippen LogP contribution is -2.39. The van der Waals surface area contributed by atoms with Crippen molar-refractivity contribution in [2.75, 3.05) is 35.1 Å². The van der Waals surface area contributed by atoms with Crippen LogP contribution in [0, 0.1) is 5.92 Å². The zero-order chi connectivity index (χ0) is 16.6. The summed E-state index contributed by atoms with van der Waals surface area (Å²) in [5.74, 6) is -4.05. The number of esters is 3. The fourth-order valence-corrected chi connectivity index (χ4v) is 2.11. The molecule has 0 aliphatic carbocycles. The molecule has 0 spiro atoms. The highest BCUT2D eigenvalue weighted by molar-refractivity contribution is 7.53. The minimum absolute atomic E-state index is 0.507. The van der Waals surface area contributed by atoms with Crippen LogP contribution in [0.4, 0.5) is 0 Å². The van der Waals surface area contributed by atoms with Gasteiger partial charge in [0.25, 0.3) is 0 Å². The summed E-state index contributed by atoms with van der Waals surface area (Å²) in [5, 5.41) is 0. The van der Waals surface area contributed by atoms with E-state index in [2.05, 4.69) is 18.7 Å². The van der Waals surface area contributed by atoms with Crippen molar-refractivity contribution >= 4 is 25.5 Å². The van der Waals surface area contributed by atoms with E-state index in [0.29, 0.717) is 0 Å². The van der Waals surface area contributed by atoms with Crippen molar-refractivity contribution in [3.8, 4) is 0 Å². The number of carbonyl (C=O) groups is 3. The molecular formula is C11H19O9P. The molecule has 0 saturated heterocycles. The number of ether oxygens (including phenoxy) is 3. The fraction of sp³-hybridized carbons (Fsp3) is 0.727. The number of methoxy groups -OCH3 is 3. The molecule has 3 atom stereocenters. The average Bonchev–Trinajstić information content (AvgIpc) is 2.48. The second-order valence-corrected chi connectivity index (χ2v) is 6.03. The maximum atomic E-state index is 11.9. The lowest BCUT2D eigenvalue weighted by atomic mass is 9.99. The molecule has 0 bridgehead atoms. The first-order valence-electron chi connectivity index (χ1n) is 5.76. The van der Waals surface area contributed by atoms with Crippen LogP contribution in [-0.2, 0) is 42.2 Å². The van der Waals surface area contributed by atoms with Crippen molar-refractivity contribution in [2.45, 2.75) is 12.5 Å². The molecule has 0 fully saturated rings. The molecule has 0 N–H and O–H groups in total. The molecule has 0 aliphatic heterocycles. The van der Waals surface area contributed by atoms with E-state index >= 15 is 0 Å². The predicted molar refractivity (Wildman–Crippen MR) is 69.6 cm³/mol. The van der Waals surface area contributed by atoms with Gasteiger partial charge in [0.05, 0.1) is 27.8 Å². The van der Waals surface area contributed by atoms with Crippen LogP contribution in [0.25, 0.3) is 0 Å². The van der Waals surface area contributed by atoms with Gasteiger partial charge < -0.3 is 18.7 Å². The number of hydrogen-bond donors (Lipinski definition) is 0. The number of hydrogen-bond acceptors (Lipinski definition) is 9. The zero-order valence-corrected chi connectivity index (χ0v) is 13.4. The maximum Gasteiger partial charge on any atom is 0.336 e. The molecule has 9 nitrogen and oxygen atoms in total. The predicted octanol–water partition coefficient (Wildman–Crippen LogP) is 0.366. The molecule has 0 aromatic heterocycles. The van der Waals surface area contributed by atoms with Crippen molar-refractivity contribution < 1.29 is 42.2 Å². The Bertz CT molecular complexity index is 433. The normalized spacial score (nSPS) is 16.2. The van der Waals surface area contributed by atoms with Crippen LogP contribution in [0.5, 0.6) is 0 Å². The molecule has 0 aliphatic rings. The number of rotatable bonds is 8. The van der Waals surface area contributed by atoms with Gasteiger partial charge in [-0.3, -0.25) is 18.7 Å². The van der Waals surface area contributed by atoms with Crippen LogP contribution in [-0.4, -0.2) is 59.1 Å². The van der Waals surface area contributed by atoms with Gasteiger partial charge in [-0.2, -0.15) is 0 Å². The van der Waals surface area contributed by atoms with Gasteiger partial charge >= 0.3 is 25.5 Å². The van der Waals surface area contributed by atoms with Gasteiger partial charge in [0, 0.05) is 13.8 Å². The molecule has 0 radical (unpaired) electrons. The Labute approximate surface area is 122 Å². The van der Waals surface area contributed by atoms with E-state index in [0.717, 1.165) is 35.1 Å². The fourth-order valence-electron chi connectivity index (χ4n) is 1.37. The van der Waals surface area contributed by atoms with Crippen LogP contribution in [0.3, 0.4) is 0 Å². The van der Waals surface area contributed by atoms with E-state index in [4.69, 9.17) is 4.52 Å². The van der Waals surface area contributed by atoms with E-state index in [1.165, 1.54) is 0 Å². The Morgan fingerprint density at radius 1 is 0.952 bits per heavy atom. The lowest BCUT2D eigenvalue weighted by molar-refractivity contribution is -0.165. The van der Waals surface area contributed by atoms with Crippen molar-refractivity contribution in [3.05, 3.63) is 0 Å². The Balaban J connectivity index is 5.46. The summed E-state index contributed by atoms with van der Waals surface area (Å²) < 4.78 is 34.9. The standard InChI is InChI=1S/C11H19O9P/c1-16-8(12)6-7(10(13)17-2)9(11(14)18-3)20-21(5,15)19-4/h7,9H,6H2,1-5H3. The third-order valence-electron chi connectivity index (χ3n) is 2.55. The summed E-state index contributed by atoms with van der Waals surface area (Å²) in [6.07, 6.45) is -2.13. The monoisotopic (exact) mass is 326 g/mol. The summed E-state index contributed by atoms with van der Waals surface area (Å²) in [5.41, 5.74) is 0. The van der Waals surface area contributed by atoms with Gasteiger partial charge in [-0.25, -0.2) is 4.79 Å². The third kappa shape index (κ3) is 6.24. The van der Waals surface area contributed by atoms with E-state index in [9.17, 15) is 18.9 Å². The van der Waals surface area contributed by atoms with Gasteiger partial charge in [-0.15, -0.1) is 0 Å². The van der Waals surface area contributed by atoms with E-state index in [1.807, 2.05) is 0 Å². The summed E-state index contributed by atoms with van der Waals surface area (Å²) >= 11 is 0. The molecule has 0 aromatic rings. The molecule has 122 valence electrons. The summed E-state index contributed by atoms with van der Waals surface area (Å²) in [4.78, 5) is 34.9. The third-order valence-corrected chi connectivity index (χ3v) is 3.83. The second-order valence-electron chi connectivity index (χ2n) is 3.91. The molecular weight excluding hydrogens is 307 g/mol. The van der Waals surface area contributed by atoms with E-state index in [1.54, 1.807) is 0 Å². The molecule has 0 aromatic carbocycles. The summed E-state index contributed by atoms with van der Waals surface area (Å²) in [7, 11) is 0.742. The van der Waals surface area contributed by atoms with Crippen molar-refractivity contribution in [1.29, 1.82) is 0 Å². The summed E-state index contributed by atoms with van der Waals surface area (Å²) in [6, 6.07) is 0. The zero-order valence-electron chi connectivity index (χ0n) is 12.5. The molecule has 21 heavy (non-hydrogen) atoms. The molecule has 0 saturated carbocycles. The minimum Gasteiger partial charge on any atom is -0.469 e. The highest BCUT2D eigenvalue weighted by Gasteiger charge is 2.41. The molecule has 0 heterocycles. The smallest absolute Gasteiger partial charge is 0.336 e. The van der Waals surface area contributed by atoms with E-state index < -0.39 is 43.9 Å². The van der Waals surface area contributed by atoms with Gasteiger partial charge in [0.2, 0.25) is 0 Å². The quantitative estimate of drug-likeness (QED) is 0.354. The van der Waals surface area contributed by atoms with Gasteiger partial charge in [0.1, 0.15) is 5.92 Å². The SMILES string of the molecule is COC(=O)CC(C(=O)OC)C(OP(C)(=O)OC)C(=O)OC. The first-order chi connectivity index (χ1) is 9.72. The minimum atomic E-state index is -3.61. The van der Waals surface area contributed by atoms with Gasteiger partial charge in [-0.05, 0) is 0 Å². The Kier molecular flexibility index (Phi) is 8.16. The Morgan fingerprint density at radius 2 is 1.48 bits per heavy atom. The van der Waals surface area contributed by atoms with E-state index in [-0.39, 0.29) is 0 Å². The van der Waals surface area contributed by atoms with Crippen LogP contribution < -0.4 is 0 Å². The molecule has 0 rings (SSSR count). The van der Waals surface area contributed by atoms with Crippen molar-refractivity contribution in [3.63, 3.8) is 0 Å². The maximum absolute atomic E-state index is 11.9. The largest absolute Gasteiger partial charge is 0.469 e. The Hall–Kier alpha value is -1.44. The van der Waals surface area contributed by atoms with Crippen LogP contribution >= 0.6 is 7.60 Å². The van der Waals surface area contributed by atoms with Crippen LogP contribution in [0.15, 0.2) is 0 Å². The second kappa shape index (κ2) is 8.76. The van der Waals surface area contributed by atoms with Gasteiger partial charge in [-0.1, -0.05) is 0 Å². The topological polar surface area (TPSA) is 114 Å². The first kappa shape index (κ1) is 19.6. The van der Waals surface area contributed by atoms with Crippen molar-refractivity contribution in [1.82, 2.24) is 0 Å². The summed E-state index contributed by atoms with van der Waals surface area (Å²) in [6.45, 7) is 1.11. The molecule has 0 amide bonds. The molecule has 3 unspecified atom stereocenters. The average molecular weight is 326 g/mol. The van der Waals surface area contributed by atoms with Crippen LogP contribution in [0.2, 0.25) is 0 Å². The number of carbonyl (C=O) groups excluding carboxylic acids is 3. The van der Waals surface area contributed by atoms with Crippen molar-refractivity contribution in [2.24, 2.45) is 5.92 Å². The lowest BCUT2D eigenvalue weighted by Gasteiger charge is -2.24. The van der Waals surface area contributed by atoms with Gasteiger partial charge in [0.15, 0.2) is 6.10 Å². The highest BCUT2D eigenvalue weighted by Crippen LogP contribution is 2.45. The molecule has 10 heteroatoms. The van der Waals surface area contributed by atoms with Crippen LogP contribution in [0.1, 0.15) is 6.42 Å². The Morgan fingerprint density at radius 3 is 1.86 bits per heavy atom.